The Hall–Kier alpha value is -3.54. The standard InChI is InChI=1S/C28H29F2N7O2S/c1-15-9-22(33-26(32-15)37-14-31-23(36-37)10-16-12-40(38,39)13-16)28-8-7-18(27(28,2)3)17-11-21(34-35-25(17)28)24-19(29)5-4-6-20(24)30/h4-6,9,11,14-16,18H,7-8,10,12-13H2,1-3H3,(H,32,33)/t15?,18-,28-/m0/s1. The largest absolute Gasteiger partial charge is 0.327 e. The summed E-state index contributed by atoms with van der Waals surface area (Å²) >= 11 is 0. The summed E-state index contributed by atoms with van der Waals surface area (Å²) in [6.45, 7) is 6.43. The summed E-state index contributed by atoms with van der Waals surface area (Å²) in [6.07, 6.45) is 5.96. The van der Waals surface area contributed by atoms with Gasteiger partial charge in [0.05, 0.1) is 39.9 Å². The molecule has 40 heavy (non-hydrogen) atoms. The van der Waals surface area contributed by atoms with E-state index in [0.717, 1.165) is 29.8 Å². The summed E-state index contributed by atoms with van der Waals surface area (Å²) in [7, 11) is -2.91. The van der Waals surface area contributed by atoms with Crippen LogP contribution in [-0.4, -0.2) is 56.9 Å². The van der Waals surface area contributed by atoms with Gasteiger partial charge in [0.25, 0.3) is 0 Å². The number of allylic oxidation sites excluding steroid dienone is 1. The predicted octanol–water partition coefficient (Wildman–Crippen LogP) is 3.54. The number of aromatic nitrogens is 5. The zero-order valence-electron chi connectivity index (χ0n) is 22.4. The highest BCUT2D eigenvalue weighted by molar-refractivity contribution is 7.92. The Labute approximate surface area is 230 Å². The topological polar surface area (TPSA) is 115 Å². The molecular weight excluding hydrogens is 536 g/mol. The summed E-state index contributed by atoms with van der Waals surface area (Å²) in [5, 5.41) is 17.1. The molecule has 12 heteroatoms. The highest BCUT2D eigenvalue weighted by atomic mass is 32.2. The number of benzene rings is 1. The molecule has 1 aromatic carbocycles. The average molecular weight is 566 g/mol. The molecule has 208 valence electrons. The molecule has 3 aromatic rings. The molecule has 0 spiro atoms. The zero-order valence-corrected chi connectivity index (χ0v) is 23.2. The normalized spacial score (nSPS) is 27.9. The van der Waals surface area contributed by atoms with Crippen LogP contribution in [-0.2, 0) is 21.7 Å². The van der Waals surface area contributed by atoms with Crippen LogP contribution in [0, 0.1) is 23.0 Å². The van der Waals surface area contributed by atoms with Crippen LogP contribution in [0.15, 0.2) is 47.4 Å². The molecule has 1 unspecified atom stereocenters. The smallest absolute Gasteiger partial charge is 0.225 e. The van der Waals surface area contributed by atoms with Crippen LogP contribution in [0.5, 0.6) is 0 Å². The Bertz CT molecular complexity index is 1700. The van der Waals surface area contributed by atoms with Crippen LogP contribution >= 0.6 is 0 Å². The van der Waals surface area contributed by atoms with Gasteiger partial charge < -0.3 is 5.32 Å². The average Bonchev–Trinajstić information content (AvgIpc) is 3.50. The lowest BCUT2D eigenvalue weighted by molar-refractivity contribution is 0.236. The first kappa shape index (κ1) is 25.4. The van der Waals surface area contributed by atoms with E-state index in [1.54, 1.807) is 11.0 Å². The summed E-state index contributed by atoms with van der Waals surface area (Å²) in [4.78, 5) is 9.16. The minimum Gasteiger partial charge on any atom is -0.327 e. The zero-order chi connectivity index (χ0) is 28.0. The second kappa shape index (κ2) is 8.48. The minimum atomic E-state index is -2.91. The lowest BCUT2D eigenvalue weighted by Gasteiger charge is -2.41. The molecule has 2 bridgehead atoms. The number of aliphatic imine (C=N–C) groups is 1. The van der Waals surface area contributed by atoms with Crippen LogP contribution in [0.2, 0.25) is 0 Å². The number of fused-ring (bicyclic) bond motifs is 5. The predicted molar refractivity (Wildman–Crippen MR) is 144 cm³/mol. The third-order valence-electron chi connectivity index (χ3n) is 9.25. The molecule has 1 saturated carbocycles. The molecule has 2 aliphatic heterocycles. The van der Waals surface area contributed by atoms with Gasteiger partial charge in [0.1, 0.15) is 18.0 Å². The molecule has 3 atom stereocenters. The van der Waals surface area contributed by atoms with Gasteiger partial charge in [-0.2, -0.15) is 9.78 Å². The van der Waals surface area contributed by atoms with Gasteiger partial charge in [0.15, 0.2) is 15.7 Å². The first-order valence-electron chi connectivity index (χ1n) is 13.5. The first-order chi connectivity index (χ1) is 19.0. The third kappa shape index (κ3) is 3.60. The third-order valence-corrected chi connectivity index (χ3v) is 11.2. The molecule has 2 aromatic heterocycles. The molecule has 4 heterocycles. The second-order valence-corrected chi connectivity index (χ2v) is 14.2. The molecule has 2 fully saturated rings. The Kier molecular flexibility index (Phi) is 5.39. The molecule has 9 nitrogen and oxygen atoms in total. The fraction of sp³-hybridized carbons (Fsp3) is 0.464. The van der Waals surface area contributed by atoms with E-state index in [2.05, 4.69) is 45.5 Å². The molecular formula is C28H29F2N7O2S. The van der Waals surface area contributed by atoms with E-state index in [4.69, 9.17) is 4.99 Å². The molecule has 1 saturated heterocycles. The van der Waals surface area contributed by atoms with Crippen LogP contribution in [0.25, 0.3) is 11.3 Å². The van der Waals surface area contributed by atoms with Crippen molar-refractivity contribution < 1.29 is 17.2 Å². The van der Waals surface area contributed by atoms with E-state index in [9.17, 15) is 17.2 Å². The van der Waals surface area contributed by atoms with Gasteiger partial charge >= 0.3 is 0 Å². The van der Waals surface area contributed by atoms with E-state index in [1.807, 2.05) is 13.0 Å². The highest BCUT2D eigenvalue weighted by Gasteiger charge is 2.65. The number of rotatable bonds is 4. The lowest BCUT2D eigenvalue weighted by atomic mass is 9.66. The molecule has 0 radical (unpaired) electrons. The number of nitrogens with one attached hydrogen (secondary N) is 1. The van der Waals surface area contributed by atoms with Crippen LogP contribution < -0.4 is 5.32 Å². The van der Waals surface area contributed by atoms with Crippen molar-refractivity contribution in [1.82, 2.24) is 30.3 Å². The van der Waals surface area contributed by atoms with Crippen molar-refractivity contribution in [3.8, 4) is 11.3 Å². The Morgan fingerprint density at radius 1 is 1.15 bits per heavy atom. The van der Waals surface area contributed by atoms with Gasteiger partial charge in [-0.25, -0.2) is 27.2 Å². The molecule has 4 aliphatic rings. The molecule has 7 rings (SSSR count). The second-order valence-electron chi connectivity index (χ2n) is 12.0. The van der Waals surface area contributed by atoms with Gasteiger partial charge in [-0.15, -0.1) is 10.2 Å². The SMILES string of the molecule is CC1C=C([C@@]23CC[C@@H](c4cc(-c5c(F)cccc5F)nnc42)C3(C)C)NC(n2cnc(CC3CS(=O)(=O)C3)n2)=N1. The Morgan fingerprint density at radius 3 is 2.62 bits per heavy atom. The summed E-state index contributed by atoms with van der Waals surface area (Å²) in [5.74, 6) is 0.325. The fourth-order valence-corrected chi connectivity index (χ4v) is 8.93. The quantitative estimate of drug-likeness (QED) is 0.515. The van der Waals surface area contributed by atoms with Crippen LogP contribution in [0.3, 0.4) is 0 Å². The van der Waals surface area contributed by atoms with Gasteiger partial charge in [-0.3, -0.25) is 0 Å². The van der Waals surface area contributed by atoms with Crippen molar-refractivity contribution in [3.05, 3.63) is 71.1 Å². The maximum atomic E-state index is 14.6. The fourth-order valence-electron chi connectivity index (χ4n) is 7.36. The van der Waals surface area contributed by atoms with Gasteiger partial charge in [-0.1, -0.05) is 19.9 Å². The maximum Gasteiger partial charge on any atom is 0.225 e. The number of halogens is 2. The Morgan fingerprint density at radius 2 is 1.90 bits per heavy atom. The van der Waals surface area contributed by atoms with E-state index in [0.29, 0.717) is 18.2 Å². The molecule has 1 N–H and O–H groups in total. The van der Waals surface area contributed by atoms with Crippen molar-refractivity contribution in [2.45, 2.75) is 57.4 Å². The van der Waals surface area contributed by atoms with Crippen LogP contribution in [0.1, 0.15) is 56.6 Å². The number of hydrogen-bond donors (Lipinski definition) is 1. The van der Waals surface area contributed by atoms with Crippen molar-refractivity contribution >= 4 is 15.8 Å². The number of nitrogens with zero attached hydrogens (tertiary/aromatic N) is 6. The van der Waals surface area contributed by atoms with Crippen molar-refractivity contribution in [3.63, 3.8) is 0 Å². The summed E-state index contributed by atoms with van der Waals surface area (Å²) in [6, 6.07) is 5.46. The van der Waals surface area contributed by atoms with E-state index >= 15 is 0 Å². The van der Waals surface area contributed by atoms with Gasteiger partial charge in [0, 0.05) is 12.1 Å². The van der Waals surface area contributed by atoms with Crippen LogP contribution in [0.4, 0.5) is 8.78 Å². The van der Waals surface area contributed by atoms with Crippen molar-refractivity contribution in [2.75, 3.05) is 11.5 Å². The number of hydrogen-bond acceptors (Lipinski definition) is 8. The van der Waals surface area contributed by atoms with Gasteiger partial charge in [0.2, 0.25) is 5.96 Å². The van der Waals surface area contributed by atoms with E-state index in [1.165, 1.54) is 18.2 Å². The Balaban J connectivity index is 1.22. The number of sulfone groups is 1. The lowest BCUT2D eigenvalue weighted by Crippen LogP contribution is -2.48. The molecule has 2 aliphatic carbocycles. The van der Waals surface area contributed by atoms with Gasteiger partial charge in [-0.05, 0) is 66.9 Å². The summed E-state index contributed by atoms with van der Waals surface area (Å²) < 4.78 is 53.9. The maximum absolute atomic E-state index is 14.6. The van der Waals surface area contributed by atoms with Crippen molar-refractivity contribution in [1.29, 1.82) is 0 Å². The minimum absolute atomic E-state index is 0.0443. The van der Waals surface area contributed by atoms with Crippen molar-refractivity contribution in [2.24, 2.45) is 16.3 Å². The monoisotopic (exact) mass is 565 g/mol. The highest BCUT2D eigenvalue weighted by Crippen LogP contribution is 2.69. The summed E-state index contributed by atoms with van der Waals surface area (Å²) in [5.41, 5.74) is 2.05. The van der Waals surface area contributed by atoms with E-state index in [-0.39, 0.29) is 46.1 Å². The first-order valence-corrected chi connectivity index (χ1v) is 15.3. The molecule has 0 amide bonds. The van der Waals surface area contributed by atoms with E-state index < -0.39 is 26.9 Å².